The lowest BCUT2D eigenvalue weighted by molar-refractivity contribution is -0.127. The molecule has 5 nitrogen and oxygen atoms in total. The SMILES string of the molecule is CCC1C(=O)NCCN1C(=O)c1ccccc1OC. The number of nitrogens with one attached hydrogen (secondary N) is 1. The maximum atomic E-state index is 12.6. The van der Waals surface area contributed by atoms with E-state index in [0.717, 1.165) is 0 Å². The van der Waals surface area contributed by atoms with Crippen molar-refractivity contribution in [2.24, 2.45) is 0 Å². The summed E-state index contributed by atoms with van der Waals surface area (Å²) < 4.78 is 5.20. The van der Waals surface area contributed by atoms with E-state index in [0.29, 0.717) is 30.8 Å². The summed E-state index contributed by atoms with van der Waals surface area (Å²) in [5.41, 5.74) is 0.498. The first-order chi connectivity index (χ1) is 9.19. The molecule has 1 heterocycles. The molecule has 1 saturated heterocycles. The van der Waals surface area contributed by atoms with Crippen LogP contribution < -0.4 is 10.1 Å². The highest BCUT2D eigenvalue weighted by atomic mass is 16.5. The van der Waals surface area contributed by atoms with E-state index in [4.69, 9.17) is 4.74 Å². The monoisotopic (exact) mass is 262 g/mol. The van der Waals surface area contributed by atoms with Crippen molar-refractivity contribution in [1.29, 1.82) is 0 Å². The Labute approximate surface area is 112 Å². The minimum Gasteiger partial charge on any atom is -0.496 e. The average Bonchev–Trinajstić information content (AvgIpc) is 2.46. The summed E-state index contributed by atoms with van der Waals surface area (Å²) in [5, 5.41) is 2.78. The number of ether oxygens (including phenoxy) is 1. The van der Waals surface area contributed by atoms with Gasteiger partial charge in [-0.3, -0.25) is 9.59 Å². The van der Waals surface area contributed by atoms with E-state index < -0.39 is 6.04 Å². The van der Waals surface area contributed by atoms with E-state index in [-0.39, 0.29) is 11.8 Å². The van der Waals surface area contributed by atoms with E-state index in [9.17, 15) is 9.59 Å². The summed E-state index contributed by atoms with van der Waals surface area (Å²) in [6.45, 7) is 2.93. The van der Waals surface area contributed by atoms with Crippen molar-refractivity contribution < 1.29 is 14.3 Å². The number of carbonyl (C=O) groups excluding carboxylic acids is 2. The highest BCUT2D eigenvalue weighted by Gasteiger charge is 2.32. The van der Waals surface area contributed by atoms with Gasteiger partial charge in [-0.05, 0) is 18.6 Å². The molecule has 0 saturated carbocycles. The van der Waals surface area contributed by atoms with Crippen molar-refractivity contribution in [3.05, 3.63) is 29.8 Å². The largest absolute Gasteiger partial charge is 0.496 e. The molecule has 5 heteroatoms. The second-order valence-corrected chi connectivity index (χ2v) is 4.41. The van der Waals surface area contributed by atoms with E-state index in [1.165, 1.54) is 7.11 Å². The number of piperazine rings is 1. The van der Waals surface area contributed by atoms with Crippen LogP contribution in [0.3, 0.4) is 0 Å². The lowest BCUT2D eigenvalue weighted by Crippen LogP contribution is -2.56. The van der Waals surface area contributed by atoms with Gasteiger partial charge in [0.2, 0.25) is 5.91 Å². The second kappa shape index (κ2) is 5.73. The van der Waals surface area contributed by atoms with Gasteiger partial charge in [-0.25, -0.2) is 0 Å². The molecule has 1 fully saturated rings. The van der Waals surface area contributed by atoms with Crippen LogP contribution in [0, 0.1) is 0 Å². The summed E-state index contributed by atoms with van der Waals surface area (Å²) in [4.78, 5) is 26.0. The molecule has 1 aliphatic rings. The number of carbonyl (C=O) groups is 2. The molecule has 19 heavy (non-hydrogen) atoms. The second-order valence-electron chi connectivity index (χ2n) is 4.41. The summed E-state index contributed by atoms with van der Waals surface area (Å²) in [6.07, 6.45) is 0.604. The molecule has 0 bridgehead atoms. The van der Waals surface area contributed by atoms with Gasteiger partial charge in [0.15, 0.2) is 0 Å². The Morgan fingerprint density at radius 3 is 2.89 bits per heavy atom. The molecule has 1 unspecified atom stereocenters. The van der Waals surface area contributed by atoms with E-state index in [1.54, 1.807) is 23.1 Å². The first kappa shape index (κ1) is 13.4. The van der Waals surface area contributed by atoms with Gasteiger partial charge in [0.05, 0.1) is 12.7 Å². The third-order valence-electron chi connectivity index (χ3n) is 3.32. The number of nitrogens with zero attached hydrogens (tertiary/aromatic N) is 1. The number of amides is 2. The Morgan fingerprint density at radius 1 is 1.47 bits per heavy atom. The van der Waals surface area contributed by atoms with E-state index in [2.05, 4.69) is 5.32 Å². The minimum atomic E-state index is -0.397. The maximum Gasteiger partial charge on any atom is 0.258 e. The fourth-order valence-corrected chi connectivity index (χ4v) is 2.34. The molecule has 102 valence electrons. The van der Waals surface area contributed by atoms with E-state index in [1.807, 2.05) is 13.0 Å². The van der Waals surface area contributed by atoms with Gasteiger partial charge < -0.3 is 15.0 Å². The van der Waals surface area contributed by atoms with Crippen LogP contribution in [0.2, 0.25) is 0 Å². The summed E-state index contributed by atoms with van der Waals surface area (Å²) in [7, 11) is 1.53. The molecule has 0 aromatic heterocycles. The van der Waals surface area contributed by atoms with Gasteiger partial charge in [0.25, 0.3) is 5.91 Å². The summed E-state index contributed by atoms with van der Waals surface area (Å²) in [6, 6.07) is 6.68. The van der Waals surface area contributed by atoms with Gasteiger partial charge in [-0.2, -0.15) is 0 Å². The Kier molecular flexibility index (Phi) is 4.04. The quantitative estimate of drug-likeness (QED) is 0.885. The Bertz CT molecular complexity index is 487. The van der Waals surface area contributed by atoms with Gasteiger partial charge in [-0.1, -0.05) is 19.1 Å². The van der Waals surface area contributed by atoms with Crippen LogP contribution in [-0.4, -0.2) is 43.0 Å². The molecule has 1 atom stereocenters. The summed E-state index contributed by atoms with van der Waals surface area (Å²) >= 11 is 0. The molecule has 0 spiro atoms. The molecule has 1 aromatic rings. The molecule has 1 N–H and O–H groups in total. The topological polar surface area (TPSA) is 58.6 Å². The Hall–Kier alpha value is -2.04. The highest BCUT2D eigenvalue weighted by Crippen LogP contribution is 2.21. The van der Waals surface area contributed by atoms with Crippen molar-refractivity contribution in [3.63, 3.8) is 0 Å². The maximum absolute atomic E-state index is 12.6. The highest BCUT2D eigenvalue weighted by molar-refractivity contribution is 6.00. The fourth-order valence-electron chi connectivity index (χ4n) is 2.34. The zero-order valence-electron chi connectivity index (χ0n) is 11.2. The normalized spacial score (nSPS) is 18.9. The first-order valence-corrected chi connectivity index (χ1v) is 6.40. The van der Waals surface area contributed by atoms with Crippen LogP contribution in [0.4, 0.5) is 0 Å². The molecule has 1 aromatic carbocycles. The molecular weight excluding hydrogens is 244 g/mol. The predicted octanol–water partition coefficient (Wildman–Crippen LogP) is 1.05. The van der Waals surface area contributed by atoms with Crippen LogP contribution in [0.25, 0.3) is 0 Å². The first-order valence-electron chi connectivity index (χ1n) is 6.40. The number of hydrogen-bond acceptors (Lipinski definition) is 3. The summed E-state index contributed by atoms with van der Waals surface area (Å²) in [5.74, 6) is 0.296. The van der Waals surface area contributed by atoms with Crippen molar-refractivity contribution >= 4 is 11.8 Å². The van der Waals surface area contributed by atoms with Crippen LogP contribution in [0.5, 0.6) is 5.75 Å². The van der Waals surface area contributed by atoms with Crippen LogP contribution in [-0.2, 0) is 4.79 Å². The molecule has 1 aliphatic heterocycles. The Morgan fingerprint density at radius 2 is 2.21 bits per heavy atom. The average molecular weight is 262 g/mol. The van der Waals surface area contributed by atoms with Gasteiger partial charge in [-0.15, -0.1) is 0 Å². The predicted molar refractivity (Wildman–Crippen MR) is 71.1 cm³/mol. The number of hydrogen-bond donors (Lipinski definition) is 1. The number of benzene rings is 1. The van der Waals surface area contributed by atoms with Crippen LogP contribution in [0.15, 0.2) is 24.3 Å². The zero-order valence-corrected chi connectivity index (χ0v) is 11.2. The van der Waals surface area contributed by atoms with Gasteiger partial charge in [0.1, 0.15) is 11.8 Å². The van der Waals surface area contributed by atoms with Gasteiger partial charge in [0, 0.05) is 13.1 Å². The zero-order chi connectivity index (χ0) is 13.8. The van der Waals surface area contributed by atoms with Crippen molar-refractivity contribution in [2.45, 2.75) is 19.4 Å². The fraction of sp³-hybridized carbons (Fsp3) is 0.429. The number of para-hydroxylation sites is 1. The molecular formula is C14H18N2O3. The van der Waals surface area contributed by atoms with Crippen molar-refractivity contribution in [2.75, 3.05) is 20.2 Å². The van der Waals surface area contributed by atoms with E-state index >= 15 is 0 Å². The third kappa shape index (κ3) is 2.54. The van der Waals surface area contributed by atoms with Crippen LogP contribution >= 0.6 is 0 Å². The van der Waals surface area contributed by atoms with Gasteiger partial charge >= 0.3 is 0 Å². The Balaban J connectivity index is 2.29. The minimum absolute atomic E-state index is 0.0861. The molecule has 2 amide bonds. The molecule has 2 rings (SSSR count). The lowest BCUT2D eigenvalue weighted by Gasteiger charge is -2.34. The third-order valence-corrected chi connectivity index (χ3v) is 3.32. The van der Waals surface area contributed by atoms with Crippen molar-refractivity contribution in [3.8, 4) is 5.75 Å². The molecule has 0 radical (unpaired) electrons. The number of methoxy groups -OCH3 is 1. The number of rotatable bonds is 3. The van der Waals surface area contributed by atoms with Crippen molar-refractivity contribution in [1.82, 2.24) is 10.2 Å². The smallest absolute Gasteiger partial charge is 0.258 e. The standard InChI is InChI=1S/C14H18N2O3/c1-3-11-13(17)15-8-9-16(11)14(18)10-6-4-5-7-12(10)19-2/h4-7,11H,3,8-9H2,1-2H3,(H,15,17). The molecule has 0 aliphatic carbocycles. The van der Waals surface area contributed by atoms with Crippen LogP contribution in [0.1, 0.15) is 23.7 Å². The lowest BCUT2D eigenvalue weighted by atomic mass is 10.1.